The molecule has 4 atom stereocenters. The summed E-state index contributed by atoms with van der Waals surface area (Å²) < 4.78 is 76.2. The highest BCUT2D eigenvalue weighted by Gasteiger charge is 2.69. The summed E-state index contributed by atoms with van der Waals surface area (Å²) >= 11 is 0. The summed E-state index contributed by atoms with van der Waals surface area (Å²) in [5, 5.41) is 9.23. The van der Waals surface area contributed by atoms with Crippen LogP contribution >= 0.6 is 0 Å². The van der Waals surface area contributed by atoms with E-state index >= 15 is 0 Å². The molecule has 0 bridgehead atoms. The SMILES string of the molecule is CCCC1CC(C)C(C)CC1CCCC(O)(C(F)(F)F)C(F)(F)F. The summed E-state index contributed by atoms with van der Waals surface area (Å²) in [5.41, 5.74) is -4.60. The summed E-state index contributed by atoms with van der Waals surface area (Å²) in [7, 11) is 0. The largest absolute Gasteiger partial charge is 0.426 e. The monoisotopic (exact) mass is 362 g/mol. The molecule has 1 aliphatic carbocycles. The van der Waals surface area contributed by atoms with Crippen molar-refractivity contribution in [2.75, 3.05) is 0 Å². The normalized spacial score (nSPS) is 29.8. The number of aliphatic hydroxyl groups is 1. The van der Waals surface area contributed by atoms with E-state index in [1.807, 2.05) is 6.92 Å². The highest BCUT2D eigenvalue weighted by molar-refractivity contribution is 4.94. The Labute approximate surface area is 139 Å². The Morgan fingerprint density at radius 3 is 1.62 bits per heavy atom. The molecule has 144 valence electrons. The van der Waals surface area contributed by atoms with Crippen LogP contribution in [0, 0.1) is 23.7 Å². The van der Waals surface area contributed by atoms with E-state index in [1.165, 1.54) is 0 Å². The molecule has 0 aromatic heterocycles. The van der Waals surface area contributed by atoms with Gasteiger partial charge in [-0.2, -0.15) is 26.3 Å². The molecule has 24 heavy (non-hydrogen) atoms. The first-order chi connectivity index (χ1) is 10.8. The van der Waals surface area contributed by atoms with Crippen molar-refractivity contribution in [1.82, 2.24) is 0 Å². The average Bonchev–Trinajstić information content (AvgIpc) is 2.41. The van der Waals surface area contributed by atoms with Gasteiger partial charge in [-0.05, 0) is 49.4 Å². The van der Waals surface area contributed by atoms with Crippen LogP contribution in [0.25, 0.3) is 0 Å². The maximum Gasteiger partial charge on any atom is 0.426 e. The first-order valence-corrected chi connectivity index (χ1v) is 8.69. The molecule has 0 spiro atoms. The van der Waals surface area contributed by atoms with E-state index in [9.17, 15) is 31.4 Å². The minimum atomic E-state index is -5.71. The van der Waals surface area contributed by atoms with Crippen molar-refractivity contribution in [2.24, 2.45) is 23.7 Å². The predicted molar refractivity (Wildman–Crippen MR) is 80.4 cm³/mol. The fraction of sp³-hybridized carbons (Fsp3) is 1.00. The van der Waals surface area contributed by atoms with E-state index in [0.29, 0.717) is 24.2 Å². The van der Waals surface area contributed by atoms with Crippen LogP contribution in [-0.2, 0) is 0 Å². The third kappa shape index (κ3) is 4.79. The second-order valence-corrected chi connectivity index (χ2v) is 7.48. The van der Waals surface area contributed by atoms with E-state index in [4.69, 9.17) is 0 Å². The standard InChI is InChI=1S/C17H28F6O/c1-4-6-13-9-11(2)12(3)10-14(13)7-5-8-15(24,16(18,19)20)17(21,22)23/h11-14,24H,4-10H2,1-3H3. The van der Waals surface area contributed by atoms with Crippen LogP contribution < -0.4 is 0 Å². The van der Waals surface area contributed by atoms with Gasteiger partial charge in [-0.3, -0.25) is 0 Å². The second-order valence-electron chi connectivity index (χ2n) is 7.48. The molecule has 1 aliphatic rings. The summed E-state index contributed by atoms with van der Waals surface area (Å²) in [6.45, 7) is 6.27. The maximum absolute atomic E-state index is 12.7. The van der Waals surface area contributed by atoms with Crippen molar-refractivity contribution in [3.63, 3.8) is 0 Å². The Morgan fingerprint density at radius 2 is 1.25 bits per heavy atom. The van der Waals surface area contributed by atoms with Crippen molar-refractivity contribution < 1.29 is 31.4 Å². The molecule has 1 nitrogen and oxygen atoms in total. The van der Waals surface area contributed by atoms with Gasteiger partial charge in [-0.1, -0.05) is 40.0 Å². The first-order valence-electron chi connectivity index (χ1n) is 8.69. The van der Waals surface area contributed by atoms with Gasteiger partial charge in [0.2, 0.25) is 0 Å². The van der Waals surface area contributed by atoms with Crippen molar-refractivity contribution >= 4 is 0 Å². The molecule has 0 saturated heterocycles. The highest BCUT2D eigenvalue weighted by atomic mass is 19.4. The molecule has 7 heteroatoms. The van der Waals surface area contributed by atoms with Crippen molar-refractivity contribution in [3.05, 3.63) is 0 Å². The lowest BCUT2D eigenvalue weighted by Gasteiger charge is -2.40. The van der Waals surface area contributed by atoms with E-state index < -0.39 is 24.4 Å². The van der Waals surface area contributed by atoms with Gasteiger partial charge in [-0.25, -0.2) is 0 Å². The third-order valence-corrected chi connectivity index (χ3v) is 5.70. The predicted octanol–water partition coefficient (Wildman–Crippen LogP) is 6.11. The van der Waals surface area contributed by atoms with Crippen LogP contribution in [-0.4, -0.2) is 23.1 Å². The van der Waals surface area contributed by atoms with Crippen LogP contribution in [0.4, 0.5) is 26.3 Å². The number of hydrogen-bond donors (Lipinski definition) is 1. The molecule has 0 amide bonds. The minimum Gasteiger partial charge on any atom is -0.374 e. The Hall–Kier alpha value is -0.460. The van der Waals surface area contributed by atoms with Crippen molar-refractivity contribution in [2.45, 2.75) is 83.7 Å². The van der Waals surface area contributed by atoms with Crippen LogP contribution in [0.2, 0.25) is 0 Å². The Bertz CT molecular complexity index is 376. The molecule has 1 saturated carbocycles. The lowest BCUT2D eigenvalue weighted by molar-refractivity contribution is -0.370. The fourth-order valence-electron chi connectivity index (χ4n) is 3.95. The molecule has 0 heterocycles. The van der Waals surface area contributed by atoms with Gasteiger partial charge in [0.15, 0.2) is 0 Å². The van der Waals surface area contributed by atoms with Crippen LogP contribution in [0.5, 0.6) is 0 Å². The lowest BCUT2D eigenvalue weighted by atomic mass is 9.66. The van der Waals surface area contributed by atoms with E-state index in [-0.39, 0.29) is 12.3 Å². The maximum atomic E-state index is 12.7. The van der Waals surface area contributed by atoms with Crippen LogP contribution in [0.3, 0.4) is 0 Å². The molecule has 0 aliphatic heterocycles. The highest BCUT2D eigenvalue weighted by Crippen LogP contribution is 2.47. The van der Waals surface area contributed by atoms with Crippen molar-refractivity contribution in [1.29, 1.82) is 0 Å². The Balaban J connectivity index is 2.72. The number of hydrogen-bond acceptors (Lipinski definition) is 1. The van der Waals surface area contributed by atoms with Gasteiger partial charge in [0.05, 0.1) is 0 Å². The topological polar surface area (TPSA) is 20.2 Å². The number of alkyl halides is 6. The second kappa shape index (κ2) is 7.83. The van der Waals surface area contributed by atoms with Gasteiger partial charge in [-0.15, -0.1) is 0 Å². The molecule has 0 radical (unpaired) electrons. The molecule has 0 aromatic carbocycles. The quantitative estimate of drug-likeness (QED) is 0.565. The van der Waals surface area contributed by atoms with E-state index in [2.05, 4.69) is 13.8 Å². The van der Waals surface area contributed by atoms with Gasteiger partial charge in [0.1, 0.15) is 0 Å². The van der Waals surface area contributed by atoms with Crippen molar-refractivity contribution in [3.8, 4) is 0 Å². The summed E-state index contributed by atoms with van der Waals surface area (Å²) in [4.78, 5) is 0. The number of halogens is 6. The first kappa shape index (κ1) is 21.6. The summed E-state index contributed by atoms with van der Waals surface area (Å²) in [6, 6.07) is 0. The van der Waals surface area contributed by atoms with Gasteiger partial charge >= 0.3 is 12.4 Å². The minimum absolute atomic E-state index is 0.141. The van der Waals surface area contributed by atoms with Gasteiger partial charge in [0, 0.05) is 0 Å². The molecule has 1 N–H and O–H groups in total. The zero-order chi connectivity index (χ0) is 18.8. The summed E-state index contributed by atoms with van der Waals surface area (Å²) in [5.74, 6) is 1.44. The zero-order valence-electron chi connectivity index (χ0n) is 14.5. The van der Waals surface area contributed by atoms with Gasteiger partial charge < -0.3 is 5.11 Å². The van der Waals surface area contributed by atoms with Crippen LogP contribution in [0.15, 0.2) is 0 Å². The van der Waals surface area contributed by atoms with E-state index in [0.717, 1.165) is 25.7 Å². The Morgan fingerprint density at radius 1 is 0.833 bits per heavy atom. The lowest BCUT2D eigenvalue weighted by Crippen LogP contribution is -2.56. The average molecular weight is 362 g/mol. The smallest absolute Gasteiger partial charge is 0.374 e. The van der Waals surface area contributed by atoms with E-state index in [1.54, 1.807) is 0 Å². The molecular weight excluding hydrogens is 334 g/mol. The number of rotatable bonds is 6. The molecule has 4 unspecified atom stereocenters. The molecule has 0 aromatic rings. The summed E-state index contributed by atoms with van der Waals surface area (Å²) in [6.07, 6.45) is -8.99. The van der Waals surface area contributed by atoms with Crippen LogP contribution in [0.1, 0.15) is 65.7 Å². The van der Waals surface area contributed by atoms with Gasteiger partial charge in [0.25, 0.3) is 5.60 Å². The molecular formula is C17H28F6O. The third-order valence-electron chi connectivity index (χ3n) is 5.70. The Kier molecular flexibility index (Phi) is 7.04. The molecule has 1 rings (SSSR count). The fourth-order valence-corrected chi connectivity index (χ4v) is 3.95. The molecule has 1 fully saturated rings. The zero-order valence-corrected chi connectivity index (χ0v) is 14.5.